The van der Waals surface area contributed by atoms with Gasteiger partial charge in [0.2, 0.25) is 0 Å². The summed E-state index contributed by atoms with van der Waals surface area (Å²) >= 11 is 1.41. The van der Waals surface area contributed by atoms with Gasteiger partial charge in [-0.2, -0.15) is 0 Å². The third-order valence-electron chi connectivity index (χ3n) is 3.88. The maximum Gasteiger partial charge on any atom is 0.263 e. The first-order valence-corrected chi connectivity index (χ1v) is 8.77. The van der Waals surface area contributed by atoms with Crippen LogP contribution >= 0.6 is 11.3 Å². The Labute approximate surface area is 148 Å². The molecule has 0 aliphatic heterocycles. The van der Waals surface area contributed by atoms with Crippen LogP contribution < -0.4 is 5.32 Å². The second kappa shape index (κ2) is 6.49. The van der Waals surface area contributed by atoms with Gasteiger partial charge in [-0.3, -0.25) is 4.79 Å². The average Bonchev–Trinajstić information content (AvgIpc) is 3.23. The number of carbonyl (C=O) groups excluding carboxylic acids is 1. The molecule has 0 radical (unpaired) electrons. The third kappa shape index (κ3) is 3.16. The van der Waals surface area contributed by atoms with Gasteiger partial charge in [0.1, 0.15) is 15.7 Å². The highest BCUT2D eigenvalue weighted by atomic mass is 32.1. The van der Waals surface area contributed by atoms with Crippen LogP contribution in [0.4, 0.5) is 0 Å². The maximum absolute atomic E-state index is 12.5. The van der Waals surface area contributed by atoms with E-state index in [9.17, 15) is 4.79 Å². The molecule has 2 N–H and O–H groups in total. The van der Waals surface area contributed by atoms with Crippen LogP contribution in [0.3, 0.4) is 0 Å². The molecule has 5 nitrogen and oxygen atoms in total. The van der Waals surface area contributed by atoms with Gasteiger partial charge in [-0.05, 0) is 19.1 Å². The van der Waals surface area contributed by atoms with Gasteiger partial charge in [0.25, 0.3) is 5.91 Å². The van der Waals surface area contributed by atoms with E-state index in [2.05, 4.69) is 20.3 Å². The quantitative estimate of drug-likeness (QED) is 0.587. The van der Waals surface area contributed by atoms with Gasteiger partial charge in [-0.15, -0.1) is 11.3 Å². The number of H-pyrrole nitrogens is 1. The number of para-hydroxylation sites is 2. The number of benzene rings is 2. The zero-order chi connectivity index (χ0) is 17.2. The van der Waals surface area contributed by atoms with Crippen LogP contribution in [0.5, 0.6) is 0 Å². The van der Waals surface area contributed by atoms with Gasteiger partial charge >= 0.3 is 0 Å². The molecule has 0 atom stereocenters. The van der Waals surface area contributed by atoms with Crippen molar-refractivity contribution >= 4 is 28.3 Å². The Bertz CT molecular complexity index is 1000. The number of hydrogen-bond acceptors (Lipinski definition) is 4. The highest BCUT2D eigenvalue weighted by Crippen LogP contribution is 2.27. The van der Waals surface area contributed by atoms with Crippen LogP contribution in [0.2, 0.25) is 0 Å². The molecule has 0 bridgehead atoms. The molecule has 0 unspecified atom stereocenters. The van der Waals surface area contributed by atoms with Crippen molar-refractivity contribution in [2.75, 3.05) is 0 Å². The molecule has 0 aliphatic carbocycles. The lowest BCUT2D eigenvalue weighted by atomic mass is 10.2. The molecule has 2 heterocycles. The number of aromatic amines is 1. The predicted molar refractivity (Wildman–Crippen MR) is 99.6 cm³/mol. The maximum atomic E-state index is 12.5. The average molecular weight is 348 g/mol. The van der Waals surface area contributed by atoms with Crippen LogP contribution in [-0.2, 0) is 6.54 Å². The van der Waals surface area contributed by atoms with Crippen molar-refractivity contribution in [2.45, 2.75) is 13.5 Å². The first-order chi connectivity index (χ1) is 12.2. The molecule has 0 saturated carbocycles. The topological polar surface area (TPSA) is 70.7 Å². The molecular weight excluding hydrogens is 332 g/mol. The number of thiazole rings is 1. The highest BCUT2D eigenvalue weighted by molar-refractivity contribution is 7.17. The number of carbonyl (C=O) groups is 1. The Kier molecular flexibility index (Phi) is 4.03. The van der Waals surface area contributed by atoms with Crippen molar-refractivity contribution in [1.29, 1.82) is 0 Å². The van der Waals surface area contributed by atoms with Crippen LogP contribution in [0, 0.1) is 6.92 Å². The summed E-state index contributed by atoms with van der Waals surface area (Å²) in [6.07, 6.45) is 0. The number of aromatic nitrogens is 3. The van der Waals surface area contributed by atoms with Gasteiger partial charge in [0.05, 0.1) is 23.3 Å². The summed E-state index contributed by atoms with van der Waals surface area (Å²) in [6.45, 7) is 2.21. The largest absolute Gasteiger partial charge is 0.344 e. The first kappa shape index (κ1) is 15.5. The van der Waals surface area contributed by atoms with E-state index in [4.69, 9.17) is 0 Å². The van der Waals surface area contributed by atoms with Gasteiger partial charge in [-0.25, -0.2) is 9.97 Å². The van der Waals surface area contributed by atoms with Crippen molar-refractivity contribution in [3.63, 3.8) is 0 Å². The second-order valence-electron chi connectivity index (χ2n) is 5.68. The molecular formula is C19H16N4OS. The number of aryl methyl sites for hydroxylation is 1. The van der Waals surface area contributed by atoms with Crippen LogP contribution in [0.1, 0.15) is 21.2 Å². The van der Waals surface area contributed by atoms with Crippen molar-refractivity contribution in [1.82, 2.24) is 20.3 Å². The Balaban J connectivity index is 1.50. The number of fused-ring (bicyclic) bond motifs is 1. The minimum absolute atomic E-state index is 0.127. The molecule has 4 aromatic rings. The van der Waals surface area contributed by atoms with E-state index in [0.29, 0.717) is 11.4 Å². The van der Waals surface area contributed by atoms with E-state index in [1.807, 2.05) is 61.5 Å². The summed E-state index contributed by atoms with van der Waals surface area (Å²) in [5.41, 5.74) is 3.62. The van der Waals surface area contributed by atoms with Crippen molar-refractivity contribution in [3.8, 4) is 10.6 Å². The third-order valence-corrected chi connectivity index (χ3v) is 5.08. The van der Waals surface area contributed by atoms with Gasteiger partial charge < -0.3 is 10.3 Å². The Morgan fingerprint density at radius 2 is 1.84 bits per heavy atom. The number of nitrogens with zero attached hydrogens (tertiary/aromatic N) is 2. The number of imidazole rings is 1. The fourth-order valence-corrected chi connectivity index (χ4v) is 3.63. The fraction of sp³-hybridized carbons (Fsp3) is 0.105. The lowest BCUT2D eigenvalue weighted by Gasteiger charge is -2.01. The fourth-order valence-electron chi connectivity index (χ4n) is 2.64. The monoisotopic (exact) mass is 348 g/mol. The molecule has 0 aliphatic rings. The molecule has 2 aromatic heterocycles. The zero-order valence-corrected chi connectivity index (χ0v) is 14.4. The zero-order valence-electron chi connectivity index (χ0n) is 13.6. The van der Waals surface area contributed by atoms with Gasteiger partial charge in [0, 0.05) is 5.56 Å². The molecule has 4 rings (SSSR count). The summed E-state index contributed by atoms with van der Waals surface area (Å²) in [4.78, 5) is 25.4. The Morgan fingerprint density at radius 1 is 1.08 bits per heavy atom. The molecule has 1 amide bonds. The summed E-state index contributed by atoms with van der Waals surface area (Å²) in [7, 11) is 0. The van der Waals surface area contributed by atoms with E-state index in [-0.39, 0.29) is 5.91 Å². The minimum Gasteiger partial charge on any atom is -0.344 e. The lowest BCUT2D eigenvalue weighted by Crippen LogP contribution is -2.23. The van der Waals surface area contributed by atoms with Gasteiger partial charge in [0.15, 0.2) is 0 Å². The number of amides is 1. The molecule has 0 fully saturated rings. The summed E-state index contributed by atoms with van der Waals surface area (Å²) in [6, 6.07) is 17.7. The predicted octanol–water partition coefficient (Wildman–Crippen LogP) is 3.92. The highest BCUT2D eigenvalue weighted by Gasteiger charge is 2.16. The van der Waals surface area contributed by atoms with E-state index in [0.717, 1.165) is 33.1 Å². The van der Waals surface area contributed by atoms with Crippen molar-refractivity contribution in [2.24, 2.45) is 0 Å². The number of hydrogen-bond donors (Lipinski definition) is 2. The van der Waals surface area contributed by atoms with Gasteiger partial charge in [-0.1, -0.05) is 42.5 Å². The van der Waals surface area contributed by atoms with E-state index < -0.39 is 0 Å². The van der Waals surface area contributed by atoms with E-state index >= 15 is 0 Å². The number of nitrogens with one attached hydrogen (secondary N) is 2. The standard InChI is InChI=1S/C19H16N4OS/c1-12-17(25-19(21-12)13-7-3-2-4-8-13)18(24)20-11-16-22-14-9-5-6-10-15(14)23-16/h2-10H,11H2,1H3,(H,20,24)(H,22,23). The Hall–Kier alpha value is -2.99. The first-order valence-electron chi connectivity index (χ1n) is 7.95. The van der Waals surface area contributed by atoms with Crippen molar-refractivity contribution in [3.05, 3.63) is 71.0 Å². The molecule has 0 saturated heterocycles. The molecule has 6 heteroatoms. The smallest absolute Gasteiger partial charge is 0.263 e. The number of rotatable bonds is 4. The molecule has 0 spiro atoms. The normalized spacial score (nSPS) is 10.9. The van der Waals surface area contributed by atoms with E-state index in [1.165, 1.54) is 11.3 Å². The molecule has 2 aromatic carbocycles. The summed E-state index contributed by atoms with van der Waals surface area (Å²) in [5.74, 6) is 0.609. The minimum atomic E-state index is -0.127. The lowest BCUT2D eigenvalue weighted by molar-refractivity contribution is 0.0953. The van der Waals surface area contributed by atoms with E-state index in [1.54, 1.807) is 0 Å². The molecule has 25 heavy (non-hydrogen) atoms. The summed E-state index contributed by atoms with van der Waals surface area (Å²) in [5, 5.41) is 3.77. The van der Waals surface area contributed by atoms with Crippen LogP contribution in [0.15, 0.2) is 54.6 Å². The summed E-state index contributed by atoms with van der Waals surface area (Å²) < 4.78 is 0. The second-order valence-corrected chi connectivity index (χ2v) is 6.68. The molecule has 124 valence electrons. The van der Waals surface area contributed by atoms with Crippen molar-refractivity contribution < 1.29 is 4.79 Å². The van der Waals surface area contributed by atoms with Crippen LogP contribution in [-0.4, -0.2) is 20.9 Å². The van der Waals surface area contributed by atoms with Crippen LogP contribution in [0.25, 0.3) is 21.6 Å². The SMILES string of the molecule is Cc1nc(-c2ccccc2)sc1C(=O)NCc1nc2ccccc2[nH]1. The Morgan fingerprint density at radius 3 is 2.64 bits per heavy atom.